The van der Waals surface area contributed by atoms with Crippen LogP contribution in [0.2, 0.25) is 0 Å². The monoisotopic (exact) mass is 695 g/mol. The Morgan fingerprint density at radius 3 is 2.04 bits per heavy atom. The smallest absolute Gasteiger partial charge is 0.338 e. The number of ether oxygens (including phenoxy) is 4. The zero-order valence-electron chi connectivity index (χ0n) is 24.8. The Morgan fingerprint density at radius 2 is 1.47 bits per heavy atom. The molecule has 1 aliphatic heterocycles. The van der Waals surface area contributed by atoms with Crippen LogP contribution in [0.3, 0.4) is 0 Å². The van der Waals surface area contributed by atoms with E-state index in [0.717, 1.165) is 0 Å². The molecular weight excluding hydrogens is 670 g/mol. The van der Waals surface area contributed by atoms with Crippen LogP contribution in [0.25, 0.3) is 15.9 Å². The molecule has 1 fully saturated rings. The van der Waals surface area contributed by atoms with Gasteiger partial charge in [-0.2, -0.15) is 0 Å². The fourth-order valence-corrected chi connectivity index (χ4v) is 6.10. The number of hydrogen-bond donors (Lipinski definition) is 1. The van der Waals surface area contributed by atoms with Crippen molar-refractivity contribution in [1.29, 1.82) is 0 Å². The summed E-state index contributed by atoms with van der Waals surface area (Å²) in [4.78, 5) is 52.3. The quantitative estimate of drug-likeness (QED) is 0.118. The fraction of sp³-hybridized carbons (Fsp3) is 0.176. The molecule has 5 aromatic rings. The number of carbonyl (C=O) groups excluding carboxylic acids is 3. The van der Waals surface area contributed by atoms with Crippen LogP contribution in [-0.2, 0) is 18.9 Å². The number of nitrogens with two attached hydrogens (primary N) is 1. The van der Waals surface area contributed by atoms with E-state index in [1.165, 1.54) is 10.9 Å². The molecule has 3 heterocycles. The first-order valence-electron chi connectivity index (χ1n) is 14.3. The second kappa shape index (κ2) is 13.0. The zero-order valence-corrected chi connectivity index (χ0v) is 26.4. The number of aromatic nitrogens is 3. The summed E-state index contributed by atoms with van der Waals surface area (Å²) in [6, 6.07) is 24.9. The lowest BCUT2D eigenvalue weighted by Gasteiger charge is -2.35. The zero-order chi connectivity index (χ0) is 33.1. The van der Waals surface area contributed by atoms with Crippen molar-refractivity contribution in [2.45, 2.75) is 31.0 Å². The Bertz CT molecular complexity index is 2000. The highest BCUT2D eigenvalue weighted by atomic mass is 79.9. The summed E-state index contributed by atoms with van der Waals surface area (Å²) in [5.74, 6) is -2.07. The number of nitrogens with zero attached hydrogens (tertiary/aromatic N) is 4. The minimum Gasteiger partial charge on any atom is -0.459 e. The van der Waals surface area contributed by atoms with Crippen LogP contribution < -0.4 is 5.73 Å². The van der Waals surface area contributed by atoms with Gasteiger partial charge in [-0.1, -0.05) is 54.6 Å². The van der Waals surface area contributed by atoms with Gasteiger partial charge in [0.1, 0.15) is 30.5 Å². The molecule has 0 radical (unpaired) electrons. The van der Waals surface area contributed by atoms with Gasteiger partial charge in [0, 0.05) is 0 Å². The average Bonchev–Trinajstić information content (AvgIpc) is 3.53. The highest BCUT2D eigenvalue weighted by molar-refractivity contribution is 9.10. The van der Waals surface area contributed by atoms with Gasteiger partial charge in [-0.3, -0.25) is 4.57 Å². The van der Waals surface area contributed by atoms with Crippen molar-refractivity contribution in [2.24, 2.45) is 0 Å². The van der Waals surface area contributed by atoms with Gasteiger partial charge in [-0.25, -0.2) is 29.2 Å². The summed E-state index contributed by atoms with van der Waals surface area (Å²) in [6.07, 6.45) is -2.56. The van der Waals surface area contributed by atoms with Crippen LogP contribution in [0.1, 0.15) is 44.2 Å². The molecule has 0 saturated carbocycles. The van der Waals surface area contributed by atoms with Gasteiger partial charge in [-0.05, 0) is 59.3 Å². The summed E-state index contributed by atoms with van der Waals surface area (Å²) in [7, 11) is 0. The molecule has 2 N–H and O–H groups in total. The Balaban J connectivity index is 1.48. The molecule has 1 aliphatic rings. The normalized spacial score (nSPS) is 20.3. The van der Waals surface area contributed by atoms with Gasteiger partial charge in [0.25, 0.3) is 0 Å². The third-order valence-corrected chi connectivity index (χ3v) is 8.48. The highest BCUT2D eigenvalue weighted by Gasteiger charge is 2.61. The third-order valence-electron chi connectivity index (χ3n) is 7.73. The number of fused-ring (bicyclic) bond motifs is 1. The Hall–Kier alpha value is -5.58. The summed E-state index contributed by atoms with van der Waals surface area (Å²) < 4.78 is 26.2. The molecule has 47 heavy (non-hydrogen) atoms. The summed E-state index contributed by atoms with van der Waals surface area (Å²) in [6.45, 7) is 9.00. The van der Waals surface area contributed by atoms with Gasteiger partial charge >= 0.3 is 17.9 Å². The van der Waals surface area contributed by atoms with Crippen molar-refractivity contribution >= 4 is 56.4 Å². The Kier molecular flexibility index (Phi) is 8.71. The first-order chi connectivity index (χ1) is 22.7. The molecule has 236 valence electrons. The van der Waals surface area contributed by atoms with Crippen LogP contribution >= 0.6 is 15.9 Å². The molecule has 13 heteroatoms. The van der Waals surface area contributed by atoms with Crippen molar-refractivity contribution in [2.75, 3.05) is 12.3 Å². The van der Waals surface area contributed by atoms with E-state index in [0.29, 0.717) is 5.56 Å². The van der Waals surface area contributed by atoms with Crippen molar-refractivity contribution in [1.82, 2.24) is 14.5 Å². The first kappa shape index (κ1) is 31.4. The van der Waals surface area contributed by atoms with Crippen LogP contribution in [0.5, 0.6) is 0 Å². The van der Waals surface area contributed by atoms with Gasteiger partial charge in [-0.15, -0.1) is 0 Å². The maximum absolute atomic E-state index is 13.7. The SMILES string of the molecule is [C-]#[N+]c1c(Br)n([C@@H]2O[C@H](COC(=O)c3ccccc3)[C@@H](OC(=O)c3ccccc3)[C@@]2(C)OC(=O)c2ccccc2)c2ncnc(N)c12. The van der Waals surface area contributed by atoms with Crippen LogP contribution in [-0.4, -0.2) is 56.9 Å². The van der Waals surface area contributed by atoms with E-state index in [1.54, 1.807) is 97.9 Å². The molecule has 0 spiro atoms. The molecule has 4 atom stereocenters. The van der Waals surface area contributed by atoms with Crippen molar-refractivity contribution in [3.63, 3.8) is 0 Å². The first-order valence-corrected chi connectivity index (χ1v) is 15.1. The van der Waals surface area contributed by atoms with Gasteiger partial charge in [0.15, 0.2) is 17.9 Å². The molecule has 6 rings (SSSR count). The maximum Gasteiger partial charge on any atom is 0.338 e. The minimum atomic E-state index is -1.80. The number of carbonyl (C=O) groups is 3. The lowest BCUT2D eigenvalue weighted by Crippen LogP contribution is -2.50. The lowest BCUT2D eigenvalue weighted by atomic mass is 9.95. The third kappa shape index (κ3) is 5.92. The Labute approximate surface area is 277 Å². The molecule has 12 nitrogen and oxygen atoms in total. The van der Waals surface area contributed by atoms with E-state index in [-0.39, 0.29) is 44.9 Å². The average molecular weight is 697 g/mol. The summed E-state index contributed by atoms with van der Waals surface area (Å²) in [5.41, 5.74) is 5.42. The number of rotatable bonds is 8. The molecule has 0 amide bonds. The van der Waals surface area contributed by atoms with Gasteiger partial charge in [0.05, 0.1) is 33.3 Å². The minimum absolute atomic E-state index is 0.0434. The number of nitrogen functional groups attached to an aromatic ring is 1. The molecule has 3 aromatic carbocycles. The molecular formula is C34H26BrN5O7. The fourth-order valence-electron chi connectivity index (χ4n) is 5.46. The number of benzene rings is 3. The molecule has 2 aromatic heterocycles. The molecule has 1 saturated heterocycles. The van der Waals surface area contributed by atoms with Crippen molar-refractivity contribution in [3.05, 3.63) is 130 Å². The standard InChI is InChI=1S/C34H26BrN5O7/c1-34(47-32(43)22-16-10-5-11-17-22)26(46-31(42)21-14-8-4-9-15-21)23(18-44-30(41)20-12-6-3-7-13-20)45-33(34)40-27(35)25(37-2)24-28(36)38-19-39-29(24)40/h3-17,19,23,26,33H,18H2,1H3,(H2,36,38,39)/t23-,26-,33-,34-/m1/s1. The van der Waals surface area contributed by atoms with Crippen LogP contribution in [0.4, 0.5) is 11.5 Å². The Morgan fingerprint density at radius 1 is 0.915 bits per heavy atom. The van der Waals surface area contributed by atoms with Crippen molar-refractivity contribution < 1.29 is 33.3 Å². The maximum atomic E-state index is 13.7. The molecule has 0 aliphatic carbocycles. The van der Waals surface area contributed by atoms with Crippen LogP contribution in [0, 0.1) is 6.57 Å². The number of hydrogen-bond acceptors (Lipinski definition) is 10. The van der Waals surface area contributed by atoms with E-state index < -0.39 is 41.9 Å². The van der Waals surface area contributed by atoms with Gasteiger partial charge in [0.2, 0.25) is 5.69 Å². The summed E-state index contributed by atoms with van der Waals surface area (Å²) in [5, 5.41) is 0.242. The second-order valence-electron chi connectivity index (χ2n) is 10.7. The van der Waals surface area contributed by atoms with Crippen molar-refractivity contribution in [3.8, 4) is 0 Å². The second-order valence-corrected chi connectivity index (χ2v) is 11.5. The van der Waals surface area contributed by atoms with E-state index in [9.17, 15) is 14.4 Å². The predicted molar refractivity (Wildman–Crippen MR) is 172 cm³/mol. The number of anilines is 1. The lowest BCUT2D eigenvalue weighted by molar-refractivity contribution is -0.109. The number of halogens is 1. The molecule has 0 bridgehead atoms. The van der Waals surface area contributed by atoms with Gasteiger partial charge < -0.3 is 24.7 Å². The van der Waals surface area contributed by atoms with E-state index >= 15 is 0 Å². The van der Waals surface area contributed by atoms with E-state index in [2.05, 4.69) is 30.7 Å². The van der Waals surface area contributed by atoms with E-state index in [4.69, 9.17) is 31.3 Å². The highest BCUT2D eigenvalue weighted by Crippen LogP contribution is 2.49. The summed E-state index contributed by atoms with van der Waals surface area (Å²) >= 11 is 3.49. The topological polar surface area (TPSA) is 149 Å². The molecule has 0 unspecified atom stereocenters. The predicted octanol–water partition coefficient (Wildman–Crippen LogP) is 5.92. The van der Waals surface area contributed by atoms with E-state index in [1.807, 2.05) is 0 Å². The van der Waals surface area contributed by atoms with Crippen LogP contribution in [0.15, 0.2) is 102 Å². The largest absolute Gasteiger partial charge is 0.459 e. The number of esters is 3.